The topological polar surface area (TPSA) is 70.7 Å². The van der Waals surface area contributed by atoms with Gasteiger partial charge in [-0.1, -0.05) is 42.5 Å². The number of carbonyl (C=O) groups is 1. The number of aromatic nitrogens is 3. The van der Waals surface area contributed by atoms with Crippen LogP contribution in [-0.2, 0) is 31.0 Å². The van der Waals surface area contributed by atoms with Gasteiger partial charge in [-0.15, -0.1) is 0 Å². The Morgan fingerprint density at radius 2 is 1.81 bits per heavy atom. The first-order valence-corrected chi connectivity index (χ1v) is 11.8. The maximum atomic E-state index is 13.8. The molecule has 0 bridgehead atoms. The molecule has 2 aromatic heterocycles. The van der Waals surface area contributed by atoms with Crippen molar-refractivity contribution >= 4 is 28.8 Å². The number of benzene rings is 2. The molecule has 2 aliphatic rings. The van der Waals surface area contributed by atoms with Gasteiger partial charge < -0.3 is 14.9 Å². The molecule has 2 aliphatic heterocycles. The molecule has 2 aromatic carbocycles. The first-order chi connectivity index (χ1) is 17.7. The number of hydrogen-bond donors (Lipinski definition) is 1. The van der Waals surface area contributed by atoms with Crippen LogP contribution in [0.1, 0.15) is 11.3 Å². The SMILES string of the molecule is CN1C(=O)C(N2NC=N[C@@H]2Cc2ccccc2)Cn2cc(-c3cn(C)nc3C(F)(F)F)c3cccc1c32. The molecular weight excluding hydrogens is 483 g/mol. The van der Waals surface area contributed by atoms with Crippen LogP contribution in [-0.4, -0.2) is 50.9 Å². The van der Waals surface area contributed by atoms with Crippen LogP contribution in [0.2, 0.25) is 0 Å². The second kappa shape index (κ2) is 8.48. The summed E-state index contributed by atoms with van der Waals surface area (Å²) in [4.78, 5) is 19.8. The van der Waals surface area contributed by atoms with E-state index >= 15 is 0 Å². The standard InChI is InChI=1S/C26H24F3N7O/c1-33-12-19(24(32-33)26(27,28)29)18-13-35-14-21(25(37)34(2)20-10-6-9-17(18)23(20)35)36-22(30-15-31-36)11-16-7-4-3-5-8-16/h3-10,12-13,15,21-22H,11,14H2,1-2H3,(H,30,31)/t21?,22-/m0/s1. The number of hydrogen-bond acceptors (Lipinski definition) is 5. The molecule has 37 heavy (non-hydrogen) atoms. The van der Waals surface area contributed by atoms with Crippen LogP contribution in [0.15, 0.2) is 65.9 Å². The number of carbonyl (C=O) groups excluding carboxylic acids is 1. The molecule has 190 valence electrons. The highest BCUT2D eigenvalue weighted by Crippen LogP contribution is 2.42. The number of nitrogens with one attached hydrogen (secondary N) is 1. The van der Waals surface area contributed by atoms with E-state index in [1.807, 2.05) is 46.0 Å². The molecule has 11 heteroatoms. The fourth-order valence-corrected chi connectivity index (χ4v) is 5.30. The van der Waals surface area contributed by atoms with E-state index < -0.39 is 17.9 Å². The lowest BCUT2D eigenvalue weighted by Gasteiger charge is -2.32. The molecular formula is C26H24F3N7O. The third kappa shape index (κ3) is 3.86. The maximum Gasteiger partial charge on any atom is 0.435 e. The van der Waals surface area contributed by atoms with Gasteiger partial charge in [0.25, 0.3) is 0 Å². The summed E-state index contributed by atoms with van der Waals surface area (Å²) in [7, 11) is 3.17. The number of likely N-dealkylation sites (N-methyl/N-ethyl adjacent to an activating group) is 1. The molecule has 0 aliphatic carbocycles. The van der Waals surface area contributed by atoms with Gasteiger partial charge in [0.05, 0.1) is 17.5 Å². The highest BCUT2D eigenvalue weighted by atomic mass is 19.4. The van der Waals surface area contributed by atoms with Gasteiger partial charge in [-0.2, -0.15) is 23.3 Å². The number of nitrogens with zero attached hydrogens (tertiary/aromatic N) is 6. The fourth-order valence-electron chi connectivity index (χ4n) is 5.30. The molecule has 6 rings (SSSR count). The lowest BCUT2D eigenvalue weighted by Crippen LogP contribution is -2.55. The lowest BCUT2D eigenvalue weighted by atomic mass is 10.0. The number of anilines is 1. The van der Waals surface area contributed by atoms with Crippen molar-refractivity contribution < 1.29 is 18.0 Å². The number of hydrazine groups is 1. The Morgan fingerprint density at radius 3 is 2.57 bits per heavy atom. The predicted octanol–water partition coefficient (Wildman–Crippen LogP) is 3.82. The van der Waals surface area contributed by atoms with Gasteiger partial charge in [0.1, 0.15) is 12.2 Å². The zero-order chi connectivity index (χ0) is 25.9. The largest absolute Gasteiger partial charge is 0.435 e. The molecule has 0 saturated carbocycles. The van der Waals surface area contributed by atoms with Crippen LogP contribution >= 0.6 is 0 Å². The van der Waals surface area contributed by atoms with Gasteiger partial charge >= 0.3 is 6.18 Å². The number of alkyl halides is 3. The third-order valence-corrected chi connectivity index (χ3v) is 6.98. The maximum absolute atomic E-state index is 13.8. The van der Waals surface area contributed by atoms with Crippen molar-refractivity contribution in [2.45, 2.75) is 31.3 Å². The normalized spacial score (nSPS) is 20.0. The first kappa shape index (κ1) is 23.3. The minimum Gasteiger partial charge on any atom is -0.343 e. The molecule has 8 nitrogen and oxygen atoms in total. The Kier molecular flexibility index (Phi) is 5.34. The Bertz CT molecular complexity index is 1520. The number of amides is 1. The van der Waals surface area contributed by atoms with Crippen molar-refractivity contribution in [3.8, 4) is 11.1 Å². The van der Waals surface area contributed by atoms with Gasteiger partial charge in [0, 0.05) is 56.0 Å². The molecule has 2 atom stereocenters. The summed E-state index contributed by atoms with van der Waals surface area (Å²) in [6, 6.07) is 14.6. The molecule has 1 N–H and O–H groups in total. The summed E-state index contributed by atoms with van der Waals surface area (Å²) in [5.41, 5.74) is 5.03. The zero-order valence-electron chi connectivity index (χ0n) is 20.1. The Balaban J connectivity index is 1.44. The van der Waals surface area contributed by atoms with Crippen LogP contribution < -0.4 is 10.3 Å². The number of aryl methyl sites for hydroxylation is 1. The van der Waals surface area contributed by atoms with Crippen LogP contribution in [0.25, 0.3) is 22.0 Å². The van der Waals surface area contributed by atoms with E-state index in [4.69, 9.17) is 0 Å². The van der Waals surface area contributed by atoms with E-state index in [-0.39, 0.29) is 24.2 Å². The van der Waals surface area contributed by atoms with Crippen LogP contribution in [0.4, 0.5) is 18.9 Å². The summed E-state index contributed by atoms with van der Waals surface area (Å²) in [5, 5.41) is 6.15. The number of aliphatic imine (C=N–C) groups is 1. The summed E-state index contributed by atoms with van der Waals surface area (Å²) in [6.07, 6.45) is 0.354. The quantitative estimate of drug-likeness (QED) is 0.456. The molecule has 0 fully saturated rings. The second-order valence-electron chi connectivity index (χ2n) is 9.33. The lowest BCUT2D eigenvalue weighted by molar-refractivity contribution is -0.141. The highest BCUT2D eigenvalue weighted by Gasteiger charge is 2.41. The van der Waals surface area contributed by atoms with E-state index in [0.29, 0.717) is 28.6 Å². The van der Waals surface area contributed by atoms with Gasteiger partial charge in [-0.05, 0) is 11.6 Å². The third-order valence-electron chi connectivity index (χ3n) is 6.98. The van der Waals surface area contributed by atoms with Crippen molar-refractivity contribution in [2.24, 2.45) is 12.0 Å². The smallest absolute Gasteiger partial charge is 0.343 e. The van der Waals surface area contributed by atoms with Crippen LogP contribution in [0.5, 0.6) is 0 Å². The van der Waals surface area contributed by atoms with Crippen molar-refractivity contribution in [3.05, 3.63) is 72.2 Å². The van der Waals surface area contributed by atoms with E-state index in [2.05, 4.69) is 15.5 Å². The monoisotopic (exact) mass is 507 g/mol. The van der Waals surface area contributed by atoms with Gasteiger partial charge in [0.2, 0.25) is 5.91 Å². The van der Waals surface area contributed by atoms with E-state index in [9.17, 15) is 18.0 Å². The first-order valence-electron chi connectivity index (χ1n) is 11.8. The average Bonchev–Trinajstić information content (AvgIpc) is 3.57. The minimum absolute atomic E-state index is 0.00610. The van der Waals surface area contributed by atoms with Crippen molar-refractivity contribution in [2.75, 3.05) is 11.9 Å². The Labute approximate surface area is 210 Å². The Morgan fingerprint density at radius 1 is 1.03 bits per heavy atom. The molecule has 0 spiro atoms. The van der Waals surface area contributed by atoms with Crippen molar-refractivity contribution in [3.63, 3.8) is 0 Å². The summed E-state index contributed by atoms with van der Waals surface area (Å²) >= 11 is 0. The number of para-hydroxylation sites is 1. The predicted molar refractivity (Wildman–Crippen MR) is 134 cm³/mol. The second-order valence-corrected chi connectivity index (χ2v) is 9.33. The van der Waals surface area contributed by atoms with Crippen molar-refractivity contribution in [1.29, 1.82) is 0 Å². The molecule has 1 unspecified atom stereocenters. The summed E-state index contributed by atoms with van der Waals surface area (Å²) in [5.74, 6) is -0.133. The van der Waals surface area contributed by atoms with Crippen LogP contribution in [0.3, 0.4) is 0 Å². The van der Waals surface area contributed by atoms with Gasteiger partial charge in [0.15, 0.2) is 5.69 Å². The fraction of sp³-hybridized carbons (Fsp3) is 0.269. The molecule has 4 aromatic rings. The van der Waals surface area contributed by atoms with E-state index in [1.165, 1.54) is 17.9 Å². The molecule has 4 heterocycles. The van der Waals surface area contributed by atoms with E-state index in [0.717, 1.165) is 5.56 Å². The number of halogens is 3. The molecule has 0 radical (unpaired) electrons. The number of rotatable bonds is 4. The van der Waals surface area contributed by atoms with Crippen molar-refractivity contribution in [1.82, 2.24) is 24.8 Å². The van der Waals surface area contributed by atoms with Crippen LogP contribution in [0, 0.1) is 0 Å². The summed E-state index contributed by atoms with van der Waals surface area (Å²) < 4.78 is 44.5. The van der Waals surface area contributed by atoms with Gasteiger partial charge in [-0.3, -0.25) is 14.5 Å². The highest BCUT2D eigenvalue weighted by molar-refractivity contribution is 6.09. The zero-order valence-corrected chi connectivity index (χ0v) is 20.1. The average molecular weight is 508 g/mol. The van der Waals surface area contributed by atoms with Gasteiger partial charge in [-0.25, -0.2) is 0 Å². The minimum atomic E-state index is -4.60. The Hall–Kier alpha value is -4.12. The molecule has 0 saturated heterocycles. The molecule has 1 amide bonds. The van der Waals surface area contributed by atoms with E-state index in [1.54, 1.807) is 36.6 Å². The summed E-state index contributed by atoms with van der Waals surface area (Å²) in [6.45, 7) is 0.236.